The zero-order valence-electron chi connectivity index (χ0n) is 21.5. The minimum atomic E-state index is -0.962. The second kappa shape index (κ2) is 11.2. The lowest BCUT2D eigenvalue weighted by Gasteiger charge is -2.25. The summed E-state index contributed by atoms with van der Waals surface area (Å²) >= 11 is 0. The number of ether oxygens (including phenoxy) is 3. The Morgan fingerprint density at radius 1 is 1.00 bits per heavy atom. The Kier molecular flexibility index (Phi) is 7.76. The van der Waals surface area contributed by atoms with Crippen LogP contribution in [0.25, 0.3) is 5.76 Å². The average molecular weight is 517 g/mol. The second-order valence-electron chi connectivity index (χ2n) is 9.06. The number of ketones is 1. The summed E-state index contributed by atoms with van der Waals surface area (Å²) in [5, 5.41) is 11.3. The maximum absolute atomic E-state index is 13.3. The van der Waals surface area contributed by atoms with Crippen molar-refractivity contribution in [1.29, 1.82) is 0 Å². The lowest BCUT2D eigenvalue weighted by Crippen LogP contribution is -2.29. The molecule has 0 bridgehead atoms. The minimum absolute atomic E-state index is 0.101. The Labute approximate surface area is 220 Å². The molecule has 1 unspecified atom stereocenters. The highest BCUT2D eigenvalue weighted by Crippen LogP contribution is 2.42. The summed E-state index contributed by atoms with van der Waals surface area (Å²) in [6, 6.07) is 13.3. The summed E-state index contributed by atoms with van der Waals surface area (Å²) in [5.41, 5.74) is 1.38. The molecule has 1 aromatic heterocycles. The number of Topliss-reactive ketones (excluding diaryl/α,β-unsaturated/α-hetero) is 1. The van der Waals surface area contributed by atoms with Gasteiger partial charge in [0.2, 0.25) is 0 Å². The summed E-state index contributed by atoms with van der Waals surface area (Å²) in [4.78, 5) is 44.4. The Morgan fingerprint density at radius 2 is 1.68 bits per heavy atom. The molecular formula is C29H28N2O7. The van der Waals surface area contributed by atoms with Crippen molar-refractivity contribution < 1.29 is 33.7 Å². The van der Waals surface area contributed by atoms with Crippen LogP contribution in [0.4, 0.5) is 5.69 Å². The predicted molar refractivity (Wildman–Crippen MR) is 140 cm³/mol. The zero-order chi connectivity index (χ0) is 27.4. The number of pyridine rings is 1. The van der Waals surface area contributed by atoms with Crippen LogP contribution in [0.2, 0.25) is 0 Å². The third-order valence-corrected chi connectivity index (χ3v) is 6.03. The molecule has 0 radical (unpaired) electrons. The first-order chi connectivity index (χ1) is 18.3. The average Bonchev–Trinajstić information content (AvgIpc) is 3.21. The molecule has 2 heterocycles. The van der Waals surface area contributed by atoms with E-state index in [1.165, 1.54) is 43.5 Å². The van der Waals surface area contributed by atoms with Gasteiger partial charge in [0.25, 0.3) is 11.7 Å². The van der Waals surface area contributed by atoms with Gasteiger partial charge in [0.1, 0.15) is 5.76 Å². The van der Waals surface area contributed by atoms with Gasteiger partial charge in [-0.1, -0.05) is 19.9 Å². The van der Waals surface area contributed by atoms with Crippen molar-refractivity contribution in [1.82, 2.24) is 4.98 Å². The summed E-state index contributed by atoms with van der Waals surface area (Å²) < 4.78 is 15.9. The van der Waals surface area contributed by atoms with Crippen molar-refractivity contribution in [2.24, 2.45) is 5.92 Å². The molecule has 9 nitrogen and oxygen atoms in total. The van der Waals surface area contributed by atoms with E-state index < -0.39 is 23.7 Å². The molecule has 1 fully saturated rings. The van der Waals surface area contributed by atoms with E-state index in [4.69, 9.17) is 14.2 Å². The third kappa shape index (κ3) is 5.08. The van der Waals surface area contributed by atoms with Gasteiger partial charge in [-0.05, 0) is 60.0 Å². The van der Waals surface area contributed by atoms with Crippen molar-refractivity contribution in [3.8, 4) is 11.5 Å². The first kappa shape index (κ1) is 26.4. The number of aliphatic hydroxyl groups excluding tert-OH is 1. The number of aliphatic hydroxyl groups is 1. The van der Waals surface area contributed by atoms with Crippen molar-refractivity contribution in [2.45, 2.75) is 19.9 Å². The van der Waals surface area contributed by atoms with Gasteiger partial charge in [-0.3, -0.25) is 19.5 Å². The lowest BCUT2D eigenvalue weighted by atomic mass is 9.96. The quantitative estimate of drug-likeness (QED) is 0.201. The molecule has 3 aromatic rings. The second-order valence-corrected chi connectivity index (χ2v) is 9.06. The molecule has 2 aromatic carbocycles. The fourth-order valence-corrected chi connectivity index (χ4v) is 4.17. The number of anilines is 1. The highest BCUT2D eigenvalue weighted by atomic mass is 16.5. The molecule has 1 amide bonds. The van der Waals surface area contributed by atoms with Crippen LogP contribution in [0.5, 0.6) is 11.5 Å². The summed E-state index contributed by atoms with van der Waals surface area (Å²) in [6.07, 6.45) is 3.10. The number of esters is 1. The fourth-order valence-electron chi connectivity index (χ4n) is 4.17. The van der Waals surface area contributed by atoms with Gasteiger partial charge in [-0.2, -0.15) is 0 Å². The number of amides is 1. The number of methoxy groups -OCH3 is 2. The number of nitrogens with zero attached hydrogens (tertiary/aromatic N) is 2. The topological polar surface area (TPSA) is 115 Å². The summed E-state index contributed by atoms with van der Waals surface area (Å²) in [5.74, 6) is -1.54. The number of carbonyl (C=O) groups is 3. The molecule has 0 saturated carbocycles. The highest BCUT2D eigenvalue weighted by molar-refractivity contribution is 6.51. The molecule has 1 atom stereocenters. The molecule has 0 aliphatic carbocycles. The molecule has 38 heavy (non-hydrogen) atoms. The molecule has 0 spiro atoms. The molecule has 1 N–H and O–H groups in total. The van der Waals surface area contributed by atoms with E-state index in [0.717, 1.165) is 0 Å². The van der Waals surface area contributed by atoms with Crippen molar-refractivity contribution >= 4 is 29.1 Å². The number of hydrogen-bond acceptors (Lipinski definition) is 8. The Hall–Kier alpha value is -4.66. The number of aromatic nitrogens is 1. The number of carbonyl (C=O) groups excluding carboxylic acids is 3. The van der Waals surface area contributed by atoms with Crippen molar-refractivity contribution in [3.05, 3.63) is 89.3 Å². The Morgan fingerprint density at radius 3 is 2.29 bits per heavy atom. The van der Waals surface area contributed by atoms with E-state index in [0.29, 0.717) is 28.3 Å². The van der Waals surface area contributed by atoms with Crippen LogP contribution in [0.15, 0.2) is 72.6 Å². The Balaban J connectivity index is 1.79. The van der Waals surface area contributed by atoms with Crippen molar-refractivity contribution in [2.75, 3.05) is 25.7 Å². The molecule has 4 rings (SSSR count). The van der Waals surface area contributed by atoms with Crippen LogP contribution in [0.3, 0.4) is 0 Å². The van der Waals surface area contributed by atoms with Gasteiger partial charge in [-0.15, -0.1) is 0 Å². The summed E-state index contributed by atoms with van der Waals surface area (Å²) in [6.45, 7) is 4.16. The van der Waals surface area contributed by atoms with Gasteiger partial charge in [0.15, 0.2) is 11.5 Å². The van der Waals surface area contributed by atoms with Crippen LogP contribution in [0, 0.1) is 5.92 Å². The van der Waals surface area contributed by atoms with E-state index in [1.807, 2.05) is 13.8 Å². The SMILES string of the molecule is COc1ccc(/C(O)=C2/C(=O)C(=O)N(c3ccc(C(=O)OCC(C)C)cc3)C2c2cccnc2)cc1OC. The molecule has 9 heteroatoms. The van der Waals surface area contributed by atoms with Gasteiger partial charge in [0.05, 0.1) is 38.0 Å². The van der Waals surface area contributed by atoms with Gasteiger partial charge in [-0.25, -0.2) is 4.79 Å². The molecule has 1 aliphatic heterocycles. The maximum atomic E-state index is 13.3. The minimum Gasteiger partial charge on any atom is -0.507 e. The third-order valence-electron chi connectivity index (χ3n) is 6.03. The smallest absolute Gasteiger partial charge is 0.338 e. The summed E-state index contributed by atoms with van der Waals surface area (Å²) in [7, 11) is 2.94. The number of rotatable bonds is 8. The first-order valence-electron chi connectivity index (χ1n) is 12.0. The van der Waals surface area contributed by atoms with E-state index in [9.17, 15) is 19.5 Å². The van der Waals surface area contributed by atoms with E-state index in [1.54, 1.807) is 42.6 Å². The van der Waals surface area contributed by atoms with Crippen LogP contribution in [0.1, 0.15) is 41.4 Å². The standard InChI is InChI=1S/C29H28N2O7/c1-17(2)16-38-29(35)18-7-10-21(11-8-18)31-25(20-6-5-13-30-15-20)24(27(33)28(31)34)26(32)19-9-12-22(36-3)23(14-19)37-4/h5-15,17,25,32H,16H2,1-4H3/b26-24-. The van der Waals surface area contributed by atoms with E-state index in [-0.39, 0.29) is 29.4 Å². The van der Waals surface area contributed by atoms with Crippen LogP contribution >= 0.6 is 0 Å². The predicted octanol–water partition coefficient (Wildman–Crippen LogP) is 4.54. The van der Waals surface area contributed by atoms with Crippen LogP contribution < -0.4 is 14.4 Å². The van der Waals surface area contributed by atoms with Crippen LogP contribution in [-0.2, 0) is 14.3 Å². The van der Waals surface area contributed by atoms with Gasteiger partial charge >= 0.3 is 5.97 Å². The maximum Gasteiger partial charge on any atom is 0.338 e. The fraction of sp³-hybridized carbons (Fsp3) is 0.241. The highest BCUT2D eigenvalue weighted by Gasteiger charge is 2.47. The van der Waals surface area contributed by atoms with Crippen LogP contribution in [-0.4, -0.2) is 48.6 Å². The lowest BCUT2D eigenvalue weighted by molar-refractivity contribution is -0.132. The van der Waals surface area contributed by atoms with Gasteiger partial charge < -0.3 is 19.3 Å². The largest absolute Gasteiger partial charge is 0.507 e. The Bertz CT molecular complexity index is 1380. The van der Waals surface area contributed by atoms with Gasteiger partial charge in [0, 0.05) is 23.6 Å². The van der Waals surface area contributed by atoms with Crippen molar-refractivity contribution in [3.63, 3.8) is 0 Å². The normalized spacial score (nSPS) is 16.6. The van der Waals surface area contributed by atoms with E-state index in [2.05, 4.69) is 4.98 Å². The monoisotopic (exact) mass is 516 g/mol. The molecule has 196 valence electrons. The molecule has 1 saturated heterocycles. The molecule has 1 aliphatic rings. The zero-order valence-corrected chi connectivity index (χ0v) is 21.5. The molecular weight excluding hydrogens is 488 g/mol. The van der Waals surface area contributed by atoms with E-state index >= 15 is 0 Å². The first-order valence-corrected chi connectivity index (χ1v) is 12.0. The number of benzene rings is 2. The number of hydrogen-bond donors (Lipinski definition) is 1.